The predicted molar refractivity (Wildman–Crippen MR) is 91.2 cm³/mol. The summed E-state index contributed by atoms with van der Waals surface area (Å²) in [5, 5.41) is 0. The Labute approximate surface area is 149 Å². The Morgan fingerprint density at radius 2 is 1.80 bits per heavy atom. The van der Waals surface area contributed by atoms with Crippen LogP contribution in [0.25, 0.3) is 0 Å². The van der Waals surface area contributed by atoms with Crippen molar-refractivity contribution in [2.75, 3.05) is 38.2 Å². The fourth-order valence-electron chi connectivity index (χ4n) is 2.48. The van der Waals surface area contributed by atoms with Gasteiger partial charge in [0.25, 0.3) is 5.91 Å². The number of carbonyl (C=O) groups excluding carboxylic acids is 1. The third-order valence-electron chi connectivity index (χ3n) is 3.77. The zero-order valence-electron chi connectivity index (χ0n) is 13.6. The summed E-state index contributed by atoms with van der Waals surface area (Å²) in [6.45, 7) is 2.41. The van der Waals surface area contributed by atoms with Crippen molar-refractivity contribution in [3.05, 3.63) is 47.9 Å². The Morgan fingerprint density at radius 3 is 2.40 bits per heavy atom. The molecule has 1 fully saturated rings. The maximum Gasteiger partial charge on any atom is 0.253 e. The lowest BCUT2D eigenvalue weighted by Gasteiger charge is -2.34. The number of aromatic nitrogens is 2. The summed E-state index contributed by atoms with van der Waals surface area (Å²) in [5.41, 5.74) is 0.498. The van der Waals surface area contributed by atoms with Crippen molar-refractivity contribution < 1.29 is 18.6 Å². The summed E-state index contributed by atoms with van der Waals surface area (Å²) in [7, 11) is 1.56. The molecule has 0 unspecified atom stereocenters. The van der Waals surface area contributed by atoms with Gasteiger partial charge in [-0.3, -0.25) is 9.45 Å². The van der Waals surface area contributed by atoms with Crippen LogP contribution in [0.2, 0.25) is 0 Å². The van der Waals surface area contributed by atoms with Gasteiger partial charge in [-0.05, 0) is 24.3 Å². The lowest BCUT2D eigenvalue weighted by molar-refractivity contribution is 0.0746. The second kappa shape index (κ2) is 9.14. The van der Waals surface area contributed by atoms with Crippen molar-refractivity contribution in [3.8, 4) is 5.88 Å². The fourth-order valence-corrected chi connectivity index (χ4v) is 2.48. The van der Waals surface area contributed by atoms with E-state index < -0.39 is 0 Å². The van der Waals surface area contributed by atoms with E-state index in [0.29, 0.717) is 43.6 Å². The molecule has 0 atom stereocenters. The van der Waals surface area contributed by atoms with Crippen LogP contribution in [-0.2, 0) is 0 Å². The summed E-state index contributed by atoms with van der Waals surface area (Å²) in [6, 6.07) is 7.31. The van der Waals surface area contributed by atoms with E-state index in [1.807, 2.05) is 4.90 Å². The number of rotatable bonds is 3. The number of benzene rings is 1. The monoisotopic (exact) mass is 368 g/mol. The first-order valence-corrected chi connectivity index (χ1v) is 7.85. The number of nitrogens with zero attached hydrogens (tertiary/aromatic N) is 4. The van der Waals surface area contributed by atoms with Gasteiger partial charge in [0.05, 0.1) is 19.0 Å². The van der Waals surface area contributed by atoms with E-state index in [1.54, 1.807) is 24.3 Å². The topological polar surface area (TPSA) is 78.8 Å². The van der Waals surface area contributed by atoms with E-state index >= 15 is 0 Å². The second-order valence-corrected chi connectivity index (χ2v) is 5.19. The van der Waals surface area contributed by atoms with E-state index in [0.717, 1.165) is 0 Å². The Morgan fingerprint density at radius 1 is 1.16 bits per heavy atom. The van der Waals surface area contributed by atoms with Crippen LogP contribution in [0.3, 0.4) is 0 Å². The van der Waals surface area contributed by atoms with E-state index in [4.69, 9.17) is 9.40 Å². The van der Waals surface area contributed by atoms with E-state index in [-0.39, 0.29) is 11.7 Å². The summed E-state index contributed by atoms with van der Waals surface area (Å²) < 4.78 is 24.5. The third kappa shape index (κ3) is 4.77. The van der Waals surface area contributed by atoms with Crippen molar-refractivity contribution in [2.45, 2.75) is 0 Å². The van der Waals surface area contributed by atoms with Gasteiger partial charge in [-0.2, -0.15) is 4.98 Å². The normalized spacial score (nSPS) is 13.8. The van der Waals surface area contributed by atoms with Crippen molar-refractivity contribution >= 4 is 23.7 Å². The molecule has 1 amide bonds. The highest BCUT2D eigenvalue weighted by atomic mass is 35.5. The molecule has 7 nitrogen and oxygen atoms in total. The first kappa shape index (κ1) is 18.9. The van der Waals surface area contributed by atoms with Gasteiger partial charge in [-0.1, -0.05) is 0 Å². The van der Waals surface area contributed by atoms with Gasteiger partial charge in [0.15, 0.2) is 0 Å². The number of hydrogen-bond acceptors (Lipinski definition) is 6. The molecule has 25 heavy (non-hydrogen) atoms. The third-order valence-corrected chi connectivity index (χ3v) is 3.77. The highest BCUT2D eigenvalue weighted by Crippen LogP contribution is 2.16. The van der Waals surface area contributed by atoms with Crippen LogP contribution in [0, 0.1) is 5.82 Å². The largest absolute Gasteiger partial charge is 0.481 e. The highest BCUT2D eigenvalue weighted by Gasteiger charge is 2.23. The smallest absolute Gasteiger partial charge is 0.253 e. The van der Waals surface area contributed by atoms with Crippen LogP contribution in [0.5, 0.6) is 5.88 Å². The van der Waals surface area contributed by atoms with Gasteiger partial charge < -0.3 is 14.5 Å². The molecule has 0 bridgehead atoms. The van der Waals surface area contributed by atoms with Crippen LogP contribution in [0.1, 0.15) is 10.4 Å². The number of piperazine rings is 1. The van der Waals surface area contributed by atoms with Gasteiger partial charge in [0, 0.05) is 44.0 Å². The van der Waals surface area contributed by atoms with Crippen LogP contribution in [0.15, 0.2) is 36.5 Å². The molecule has 1 saturated heterocycles. The molecule has 1 N–H and O–H groups in total. The summed E-state index contributed by atoms with van der Waals surface area (Å²) in [5.74, 6) is 0.677. The van der Waals surface area contributed by atoms with Crippen molar-refractivity contribution in [2.24, 2.45) is 0 Å². The summed E-state index contributed by atoms with van der Waals surface area (Å²) in [4.78, 5) is 24.7. The standard InChI is InChI=1S/C16H17FN4O2.ClHO/c1-23-14-6-7-18-16(19-14)21-10-8-20(9-11-21)15(22)12-2-4-13(17)5-3-12;1-2/h2-7H,8-11H2,1H3;2H. The lowest BCUT2D eigenvalue weighted by atomic mass is 10.2. The maximum absolute atomic E-state index is 12.9. The fraction of sp³-hybridized carbons (Fsp3) is 0.312. The maximum atomic E-state index is 12.9. The first-order chi connectivity index (χ1) is 12.2. The summed E-state index contributed by atoms with van der Waals surface area (Å²) >= 11 is 3.64. The Kier molecular flexibility index (Phi) is 6.91. The highest BCUT2D eigenvalue weighted by molar-refractivity contribution is 6.04. The number of ether oxygens (including phenoxy) is 1. The molecular formula is C16H18ClFN4O3. The number of methoxy groups -OCH3 is 1. The lowest BCUT2D eigenvalue weighted by Crippen LogP contribution is -2.49. The van der Waals surface area contributed by atoms with Crippen LogP contribution in [-0.4, -0.2) is 58.7 Å². The van der Waals surface area contributed by atoms with Gasteiger partial charge in [0.1, 0.15) is 5.82 Å². The number of carbonyl (C=O) groups is 1. The summed E-state index contributed by atoms with van der Waals surface area (Å²) in [6.07, 6.45) is 1.65. The molecule has 9 heteroatoms. The molecule has 0 spiro atoms. The molecule has 0 radical (unpaired) electrons. The molecular weight excluding hydrogens is 351 g/mol. The number of hydrogen-bond donors (Lipinski definition) is 1. The predicted octanol–water partition coefficient (Wildman–Crippen LogP) is 1.72. The minimum atomic E-state index is -0.346. The van der Waals surface area contributed by atoms with Crippen molar-refractivity contribution in [1.82, 2.24) is 14.9 Å². The molecule has 0 aliphatic carbocycles. The Bertz CT molecular complexity index is 694. The van der Waals surface area contributed by atoms with Crippen LogP contribution in [0.4, 0.5) is 10.3 Å². The molecule has 0 saturated carbocycles. The quantitative estimate of drug-likeness (QED) is 0.888. The second-order valence-electron chi connectivity index (χ2n) is 5.19. The molecule has 3 rings (SSSR count). The SMILES string of the molecule is COc1ccnc(N2CCN(C(=O)c3ccc(F)cc3)CC2)n1.OCl. The molecule has 2 aromatic rings. The first-order valence-electron chi connectivity index (χ1n) is 7.51. The number of amides is 1. The Balaban J connectivity index is 0.00000109. The molecule has 2 heterocycles. The van der Waals surface area contributed by atoms with Crippen LogP contribution >= 0.6 is 11.9 Å². The minimum Gasteiger partial charge on any atom is -0.481 e. The molecule has 1 aromatic heterocycles. The van der Waals surface area contributed by atoms with Crippen molar-refractivity contribution in [3.63, 3.8) is 0 Å². The van der Waals surface area contributed by atoms with Gasteiger partial charge in [-0.25, -0.2) is 9.37 Å². The average Bonchev–Trinajstić information content (AvgIpc) is 2.70. The molecule has 134 valence electrons. The zero-order chi connectivity index (χ0) is 18.2. The average molecular weight is 369 g/mol. The van der Waals surface area contributed by atoms with E-state index in [1.165, 1.54) is 24.3 Å². The van der Waals surface area contributed by atoms with Gasteiger partial charge >= 0.3 is 0 Å². The molecule has 1 aromatic carbocycles. The van der Waals surface area contributed by atoms with Crippen LogP contribution < -0.4 is 9.64 Å². The van der Waals surface area contributed by atoms with Gasteiger partial charge in [0.2, 0.25) is 11.8 Å². The molecule has 1 aliphatic rings. The van der Waals surface area contributed by atoms with E-state index in [9.17, 15) is 9.18 Å². The Hall–Kier alpha value is -2.45. The van der Waals surface area contributed by atoms with E-state index in [2.05, 4.69) is 21.8 Å². The number of anilines is 1. The minimum absolute atomic E-state index is 0.0868. The van der Waals surface area contributed by atoms with Crippen molar-refractivity contribution in [1.29, 1.82) is 0 Å². The zero-order valence-corrected chi connectivity index (χ0v) is 14.4. The number of halogens is 2. The molecule has 1 aliphatic heterocycles. The van der Waals surface area contributed by atoms with Gasteiger partial charge in [-0.15, -0.1) is 0 Å².